The third-order valence-electron chi connectivity index (χ3n) is 4.18. The fraction of sp³-hybridized carbons (Fsp3) is 0.0500. The summed E-state index contributed by atoms with van der Waals surface area (Å²) in [7, 11) is 1.57. The Bertz CT molecular complexity index is 1210. The van der Waals surface area contributed by atoms with Crippen molar-refractivity contribution in [2.24, 2.45) is 0 Å². The lowest BCUT2D eigenvalue weighted by Crippen LogP contribution is -2.38. The quantitative estimate of drug-likeness (QED) is 0.572. The molecule has 6 heteroatoms. The molecule has 4 aromatic rings. The fourth-order valence-electron chi connectivity index (χ4n) is 2.97. The van der Waals surface area contributed by atoms with Gasteiger partial charge in [0.05, 0.1) is 35.6 Å². The van der Waals surface area contributed by atoms with Crippen molar-refractivity contribution in [3.05, 3.63) is 93.9 Å². The molecule has 2 aromatic carbocycles. The summed E-state index contributed by atoms with van der Waals surface area (Å²) in [4.78, 5) is 30.2. The number of hydrogen-bond donors (Lipinski definition) is 0. The zero-order valence-corrected chi connectivity index (χ0v) is 14.0. The zero-order valence-electron chi connectivity index (χ0n) is 14.0. The minimum absolute atomic E-state index is 0.377. The van der Waals surface area contributed by atoms with Crippen molar-refractivity contribution >= 4 is 10.9 Å². The van der Waals surface area contributed by atoms with Crippen LogP contribution < -0.4 is 16.0 Å². The summed E-state index contributed by atoms with van der Waals surface area (Å²) in [5.74, 6) is 0.623. The summed E-state index contributed by atoms with van der Waals surface area (Å²) in [5.41, 5.74) is 0.733. The van der Waals surface area contributed by atoms with E-state index < -0.39 is 5.69 Å². The molecule has 0 radical (unpaired) electrons. The molecule has 6 nitrogen and oxygen atoms in total. The van der Waals surface area contributed by atoms with Crippen molar-refractivity contribution in [1.82, 2.24) is 14.1 Å². The van der Waals surface area contributed by atoms with Gasteiger partial charge in [-0.25, -0.2) is 9.36 Å². The average molecular weight is 345 g/mol. The molecule has 26 heavy (non-hydrogen) atoms. The summed E-state index contributed by atoms with van der Waals surface area (Å²) in [6.45, 7) is 0. The van der Waals surface area contributed by atoms with E-state index in [1.165, 1.54) is 10.8 Å². The van der Waals surface area contributed by atoms with Gasteiger partial charge < -0.3 is 4.74 Å². The Morgan fingerprint density at radius 2 is 1.69 bits per heavy atom. The summed E-state index contributed by atoms with van der Waals surface area (Å²) < 4.78 is 7.91. The van der Waals surface area contributed by atoms with E-state index in [-0.39, 0.29) is 5.56 Å². The molecule has 4 rings (SSSR count). The molecule has 0 atom stereocenters. The third kappa shape index (κ3) is 2.48. The molecule has 2 aromatic heterocycles. The maximum absolute atomic E-state index is 13.3. The van der Waals surface area contributed by atoms with Crippen LogP contribution in [0, 0.1) is 0 Å². The summed E-state index contributed by atoms with van der Waals surface area (Å²) >= 11 is 0. The largest absolute Gasteiger partial charge is 0.497 e. The molecule has 0 aliphatic carbocycles. The lowest BCUT2D eigenvalue weighted by molar-refractivity contribution is 0.414. The normalized spacial score (nSPS) is 10.8. The summed E-state index contributed by atoms with van der Waals surface area (Å²) in [6, 6.07) is 17.6. The van der Waals surface area contributed by atoms with Crippen molar-refractivity contribution < 1.29 is 4.74 Å². The number of para-hydroxylation sites is 1. The van der Waals surface area contributed by atoms with Gasteiger partial charge in [-0.05, 0) is 36.4 Å². The molecule has 0 aliphatic rings. The molecule has 0 fully saturated rings. The molecule has 0 amide bonds. The van der Waals surface area contributed by atoms with Gasteiger partial charge >= 0.3 is 5.69 Å². The number of fused-ring (bicyclic) bond motifs is 1. The van der Waals surface area contributed by atoms with Gasteiger partial charge in [0.2, 0.25) is 0 Å². The van der Waals surface area contributed by atoms with Gasteiger partial charge in [-0.1, -0.05) is 18.2 Å². The topological polar surface area (TPSA) is 66.1 Å². The molecule has 0 bridgehead atoms. The maximum atomic E-state index is 13.3. The van der Waals surface area contributed by atoms with Crippen LogP contribution in [0.15, 0.2) is 82.6 Å². The van der Waals surface area contributed by atoms with Crippen LogP contribution in [0.4, 0.5) is 0 Å². The van der Waals surface area contributed by atoms with Gasteiger partial charge in [0.15, 0.2) is 0 Å². The standard InChI is InChI=1S/C20H15N3O3/c1-26-16-8-4-6-14(12-16)22-18-10-3-2-9-17(18)19(24)23(20(22)25)15-7-5-11-21-13-15/h2-13H,1H3. The van der Waals surface area contributed by atoms with Gasteiger partial charge in [-0.3, -0.25) is 14.3 Å². The third-order valence-corrected chi connectivity index (χ3v) is 4.18. The number of ether oxygens (including phenoxy) is 1. The van der Waals surface area contributed by atoms with E-state index in [0.717, 1.165) is 4.57 Å². The van der Waals surface area contributed by atoms with Gasteiger partial charge in [-0.2, -0.15) is 0 Å². The minimum Gasteiger partial charge on any atom is -0.497 e. The highest BCUT2D eigenvalue weighted by Crippen LogP contribution is 2.19. The first-order chi connectivity index (χ1) is 12.7. The van der Waals surface area contributed by atoms with E-state index in [1.54, 1.807) is 74.0 Å². The van der Waals surface area contributed by atoms with Gasteiger partial charge in [0.1, 0.15) is 5.75 Å². The zero-order chi connectivity index (χ0) is 18.1. The van der Waals surface area contributed by atoms with Crippen LogP contribution in [-0.4, -0.2) is 21.2 Å². The molecule has 0 saturated carbocycles. The van der Waals surface area contributed by atoms with Crippen molar-refractivity contribution in [2.45, 2.75) is 0 Å². The highest BCUT2D eigenvalue weighted by molar-refractivity contribution is 5.80. The van der Waals surface area contributed by atoms with Crippen LogP contribution in [-0.2, 0) is 0 Å². The van der Waals surface area contributed by atoms with E-state index in [2.05, 4.69) is 4.98 Å². The van der Waals surface area contributed by atoms with Crippen molar-refractivity contribution in [2.75, 3.05) is 7.11 Å². The van der Waals surface area contributed by atoms with Crippen molar-refractivity contribution in [3.8, 4) is 17.1 Å². The molecule has 0 aliphatic heterocycles. The van der Waals surface area contributed by atoms with E-state index >= 15 is 0 Å². The van der Waals surface area contributed by atoms with Crippen LogP contribution >= 0.6 is 0 Å². The van der Waals surface area contributed by atoms with Gasteiger partial charge in [0, 0.05) is 12.3 Å². The van der Waals surface area contributed by atoms with E-state index in [4.69, 9.17) is 4.74 Å². The lowest BCUT2D eigenvalue weighted by Gasteiger charge is -2.14. The van der Waals surface area contributed by atoms with Gasteiger partial charge in [0.25, 0.3) is 5.56 Å². The number of nitrogens with zero attached hydrogens (tertiary/aromatic N) is 3. The second kappa shape index (κ2) is 6.33. The average Bonchev–Trinajstić information content (AvgIpc) is 2.69. The molecule has 128 valence electrons. The van der Waals surface area contributed by atoms with Gasteiger partial charge in [-0.15, -0.1) is 0 Å². The molecular formula is C20H15N3O3. The molecule has 0 spiro atoms. The highest BCUT2D eigenvalue weighted by atomic mass is 16.5. The minimum atomic E-state index is -0.463. The first kappa shape index (κ1) is 15.8. The Labute approximate surface area is 148 Å². The Balaban J connectivity index is 2.16. The van der Waals surface area contributed by atoms with Crippen LogP contribution in [0.2, 0.25) is 0 Å². The number of rotatable bonds is 3. The second-order valence-electron chi connectivity index (χ2n) is 5.69. The summed E-state index contributed by atoms with van der Waals surface area (Å²) in [5, 5.41) is 0.443. The monoisotopic (exact) mass is 345 g/mol. The van der Waals surface area contributed by atoms with Crippen molar-refractivity contribution in [1.29, 1.82) is 0 Å². The molecule has 0 unspecified atom stereocenters. The Kier molecular flexibility index (Phi) is 3.85. The van der Waals surface area contributed by atoms with Crippen LogP contribution in [0.5, 0.6) is 5.75 Å². The first-order valence-corrected chi connectivity index (χ1v) is 8.02. The Morgan fingerprint density at radius 1 is 0.885 bits per heavy atom. The number of benzene rings is 2. The molecule has 2 heterocycles. The van der Waals surface area contributed by atoms with E-state index in [1.807, 2.05) is 0 Å². The number of aromatic nitrogens is 3. The first-order valence-electron chi connectivity index (χ1n) is 8.02. The number of pyridine rings is 1. The maximum Gasteiger partial charge on any atom is 0.340 e. The molecule has 0 saturated heterocycles. The SMILES string of the molecule is COc1cccc(-n2c(=O)n(-c3cccnc3)c(=O)c3ccccc32)c1. The van der Waals surface area contributed by atoms with Crippen LogP contribution in [0.25, 0.3) is 22.3 Å². The fourth-order valence-corrected chi connectivity index (χ4v) is 2.97. The summed E-state index contributed by atoms with van der Waals surface area (Å²) in [6.07, 6.45) is 3.09. The second-order valence-corrected chi connectivity index (χ2v) is 5.69. The van der Waals surface area contributed by atoms with E-state index in [0.29, 0.717) is 28.0 Å². The Morgan fingerprint density at radius 3 is 2.46 bits per heavy atom. The Hall–Kier alpha value is -3.67. The lowest BCUT2D eigenvalue weighted by atomic mass is 10.2. The number of methoxy groups -OCH3 is 1. The van der Waals surface area contributed by atoms with Crippen LogP contribution in [0.1, 0.15) is 0 Å². The highest BCUT2D eigenvalue weighted by Gasteiger charge is 2.15. The van der Waals surface area contributed by atoms with Crippen molar-refractivity contribution in [3.63, 3.8) is 0 Å². The molecule has 0 N–H and O–H groups in total. The number of hydrogen-bond acceptors (Lipinski definition) is 4. The molecular weight excluding hydrogens is 330 g/mol. The predicted molar refractivity (Wildman–Crippen MR) is 99.5 cm³/mol. The van der Waals surface area contributed by atoms with Crippen LogP contribution in [0.3, 0.4) is 0 Å². The smallest absolute Gasteiger partial charge is 0.340 e. The predicted octanol–water partition coefficient (Wildman–Crippen LogP) is 2.55. The van der Waals surface area contributed by atoms with E-state index in [9.17, 15) is 9.59 Å².